The Morgan fingerprint density at radius 1 is 1.06 bits per heavy atom. The lowest BCUT2D eigenvalue weighted by atomic mass is 9.73. The quantitative estimate of drug-likeness (QED) is 0.472. The number of amides is 1. The molecule has 31 heavy (non-hydrogen) atoms. The van der Waals surface area contributed by atoms with Gasteiger partial charge in [0.1, 0.15) is 0 Å². The van der Waals surface area contributed by atoms with Crippen LogP contribution in [0.4, 0.5) is 13.2 Å². The maximum atomic E-state index is 13.4. The normalized spacial score (nSPS) is 24.8. The summed E-state index contributed by atoms with van der Waals surface area (Å²) in [5.41, 5.74) is 2.82. The minimum atomic E-state index is -5.02. The molecule has 1 aliphatic carbocycles. The minimum Gasteiger partial charge on any atom is -0.262 e. The van der Waals surface area contributed by atoms with E-state index in [0.717, 1.165) is 11.1 Å². The second-order valence-corrected chi connectivity index (χ2v) is 8.87. The van der Waals surface area contributed by atoms with Gasteiger partial charge >= 0.3 is 12.1 Å². The molecule has 0 bridgehead atoms. The van der Waals surface area contributed by atoms with Crippen molar-refractivity contribution in [2.24, 2.45) is 16.9 Å². The Kier molecular flexibility index (Phi) is 5.88. The van der Waals surface area contributed by atoms with Crippen LogP contribution in [0.5, 0.6) is 0 Å². The average molecular weight is 467 g/mol. The predicted molar refractivity (Wildman–Crippen MR) is 116 cm³/mol. The average Bonchev–Trinajstić information content (AvgIpc) is 3.08. The molecule has 1 fully saturated rings. The Bertz CT molecular complexity index is 1050. The largest absolute Gasteiger partial charge is 0.473 e. The van der Waals surface area contributed by atoms with E-state index in [2.05, 4.69) is 12.0 Å². The molecule has 1 saturated carbocycles. The first-order chi connectivity index (χ1) is 14.6. The van der Waals surface area contributed by atoms with Crippen molar-refractivity contribution in [3.63, 3.8) is 0 Å². The zero-order valence-corrected chi connectivity index (χ0v) is 18.0. The van der Waals surface area contributed by atoms with Gasteiger partial charge < -0.3 is 0 Å². The third-order valence-electron chi connectivity index (χ3n) is 5.64. The van der Waals surface area contributed by atoms with Gasteiger partial charge in [-0.25, -0.2) is 5.01 Å². The maximum Gasteiger partial charge on any atom is 0.473 e. The molecule has 1 aliphatic heterocycles. The lowest BCUT2D eigenvalue weighted by Gasteiger charge is -2.32. The van der Waals surface area contributed by atoms with Crippen LogP contribution >= 0.6 is 23.2 Å². The fourth-order valence-electron chi connectivity index (χ4n) is 4.34. The standard InChI is InChI=1S/C23H19Cl2F3N2O/c1-13-10-16(12-14-2-6-17(24)7-3-14)20-19(11-13)21(15-4-8-18(25)9-5-15)30(29-20)22(31)23(26,27)28/h2-9,12-13,19,21H,10-11H2,1H3/b16-12+/t13-,19+,21-/m1/s1. The highest BCUT2D eigenvalue weighted by Gasteiger charge is 2.52. The van der Waals surface area contributed by atoms with Crippen LogP contribution in [-0.2, 0) is 4.79 Å². The molecular weight excluding hydrogens is 448 g/mol. The first-order valence-corrected chi connectivity index (χ1v) is 10.6. The zero-order chi connectivity index (χ0) is 22.3. The number of benzene rings is 2. The summed E-state index contributed by atoms with van der Waals surface area (Å²) in [6, 6.07) is 12.9. The molecular formula is C23H19Cl2F3N2O. The van der Waals surface area contributed by atoms with Crippen LogP contribution in [0.3, 0.4) is 0 Å². The maximum absolute atomic E-state index is 13.4. The number of nitrogens with zero attached hydrogens (tertiary/aromatic N) is 2. The SMILES string of the molecule is C[C@@H]1C/C(=C\c2ccc(Cl)cc2)C2=NN(C(=O)C(F)(F)F)[C@H](c3ccc(Cl)cc3)[C@H]2C1. The number of carbonyl (C=O) groups is 1. The summed E-state index contributed by atoms with van der Waals surface area (Å²) in [7, 11) is 0. The van der Waals surface area contributed by atoms with Crippen molar-refractivity contribution in [2.75, 3.05) is 0 Å². The van der Waals surface area contributed by atoms with E-state index in [0.29, 0.717) is 39.2 Å². The van der Waals surface area contributed by atoms with E-state index in [1.54, 1.807) is 36.4 Å². The first kappa shape index (κ1) is 21.9. The van der Waals surface area contributed by atoms with Crippen LogP contribution in [0, 0.1) is 11.8 Å². The van der Waals surface area contributed by atoms with Gasteiger partial charge in [0.25, 0.3) is 0 Å². The number of hydrogen-bond acceptors (Lipinski definition) is 2. The zero-order valence-electron chi connectivity index (χ0n) is 16.5. The lowest BCUT2D eigenvalue weighted by molar-refractivity contribution is -0.188. The Morgan fingerprint density at radius 3 is 2.23 bits per heavy atom. The Labute approximate surface area is 188 Å². The number of halogens is 5. The summed E-state index contributed by atoms with van der Waals surface area (Å²) in [6.07, 6.45) is -1.81. The summed E-state index contributed by atoms with van der Waals surface area (Å²) >= 11 is 11.9. The summed E-state index contributed by atoms with van der Waals surface area (Å²) in [5.74, 6) is -2.08. The molecule has 0 N–H and O–H groups in total. The molecule has 0 spiro atoms. The molecule has 2 aliphatic rings. The van der Waals surface area contributed by atoms with Gasteiger partial charge in [-0.1, -0.05) is 54.4 Å². The second-order valence-electron chi connectivity index (χ2n) is 8.00. The van der Waals surface area contributed by atoms with E-state index in [4.69, 9.17) is 23.2 Å². The van der Waals surface area contributed by atoms with Gasteiger partial charge in [0, 0.05) is 16.0 Å². The van der Waals surface area contributed by atoms with Gasteiger partial charge in [0.05, 0.1) is 11.8 Å². The van der Waals surface area contributed by atoms with Crippen LogP contribution in [0.1, 0.15) is 36.9 Å². The highest BCUT2D eigenvalue weighted by Crippen LogP contribution is 2.47. The highest BCUT2D eigenvalue weighted by atomic mass is 35.5. The van der Waals surface area contributed by atoms with E-state index in [1.807, 2.05) is 18.2 Å². The smallest absolute Gasteiger partial charge is 0.262 e. The third-order valence-corrected chi connectivity index (χ3v) is 6.14. The van der Waals surface area contributed by atoms with E-state index in [1.165, 1.54) is 0 Å². The number of alkyl halides is 3. The molecule has 2 aromatic carbocycles. The Hall–Kier alpha value is -2.31. The van der Waals surface area contributed by atoms with Gasteiger partial charge in [-0.3, -0.25) is 4.79 Å². The first-order valence-electron chi connectivity index (χ1n) is 9.84. The van der Waals surface area contributed by atoms with Gasteiger partial charge in [-0.2, -0.15) is 18.3 Å². The fraction of sp³-hybridized carbons (Fsp3) is 0.304. The van der Waals surface area contributed by atoms with Crippen molar-refractivity contribution in [1.29, 1.82) is 0 Å². The fourth-order valence-corrected chi connectivity index (χ4v) is 4.59. The number of allylic oxidation sites excluding steroid dienone is 1. The molecule has 2 aromatic rings. The van der Waals surface area contributed by atoms with Crippen molar-refractivity contribution in [2.45, 2.75) is 32.0 Å². The second kappa shape index (κ2) is 8.32. The van der Waals surface area contributed by atoms with Gasteiger partial charge in [-0.15, -0.1) is 0 Å². The number of rotatable bonds is 2. The Morgan fingerprint density at radius 2 is 1.65 bits per heavy atom. The molecule has 3 nitrogen and oxygen atoms in total. The van der Waals surface area contributed by atoms with E-state index in [-0.39, 0.29) is 11.8 Å². The van der Waals surface area contributed by atoms with Crippen molar-refractivity contribution < 1.29 is 18.0 Å². The summed E-state index contributed by atoms with van der Waals surface area (Å²) < 4.78 is 40.1. The molecule has 4 rings (SSSR count). The molecule has 8 heteroatoms. The number of carbonyl (C=O) groups excluding carboxylic acids is 1. The number of hydrazone groups is 1. The van der Waals surface area contributed by atoms with Crippen LogP contribution < -0.4 is 0 Å². The summed E-state index contributed by atoms with van der Waals surface area (Å²) in [6.45, 7) is 2.06. The molecule has 1 heterocycles. The van der Waals surface area contributed by atoms with Crippen LogP contribution in [-0.4, -0.2) is 22.8 Å². The molecule has 0 radical (unpaired) electrons. The van der Waals surface area contributed by atoms with E-state index < -0.39 is 18.1 Å². The predicted octanol–water partition coefficient (Wildman–Crippen LogP) is 6.92. The molecule has 1 amide bonds. The summed E-state index contributed by atoms with van der Waals surface area (Å²) in [4.78, 5) is 12.3. The van der Waals surface area contributed by atoms with Crippen LogP contribution in [0.15, 0.2) is 59.2 Å². The van der Waals surface area contributed by atoms with Crippen molar-refractivity contribution in [3.05, 3.63) is 75.3 Å². The third kappa shape index (κ3) is 4.51. The van der Waals surface area contributed by atoms with E-state index >= 15 is 0 Å². The van der Waals surface area contributed by atoms with Crippen LogP contribution in [0.25, 0.3) is 6.08 Å². The van der Waals surface area contributed by atoms with Crippen LogP contribution in [0.2, 0.25) is 10.0 Å². The van der Waals surface area contributed by atoms with Crippen molar-refractivity contribution in [3.8, 4) is 0 Å². The van der Waals surface area contributed by atoms with Gasteiger partial charge in [0.2, 0.25) is 0 Å². The number of hydrogen-bond donors (Lipinski definition) is 0. The lowest BCUT2D eigenvalue weighted by Crippen LogP contribution is -2.40. The molecule has 3 atom stereocenters. The summed E-state index contributed by atoms with van der Waals surface area (Å²) in [5, 5.41) is 5.91. The number of fused-ring (bicyclic) bond motifs is 1. The van der Waals surface area contributed by atoms with Gasteiger partial charge in [-0.05, 0) is 65.8 Å². The van der Waals surface area contributed by atoms with Crippen molar-refractivity contribution in [1.82, 2.24) is 5.01 Å². The van der Waals surface area contributed by atoms with Crippen molar-refractivity contribution >= 4 is 40.9 Å². The Balaban J connectivity index is 1.80. The molecule has 0 saturated heterocycles. The molecule has 0 unspecified atom stereocenters. The van der Waals surface area contributed by atoms with Gasteiger partial charge in [0.15, 0.2) is 0 Å². The van der Waals surface area contributed by atoms with E-state index in [9.17, 15) is 18.0 Å². The topological polar surface area (TPSA) is 32.7 Å². The highest BCUT2D eigenvalue weighted by molar-refractivity contribution is 6.30. The molecule has 162 valence electrons. The molecule has 0 aromatic heterocycles. The minimum absolute atomic E-state index is 0.221. The monoisotopic (exact) mass is 466 g/mol.